The van der Waals surface area contributed by atoms with Gasteiger partial charge in [0.05, 0.1) is 18.3 Å². The van der Waals surface area contributed by atoms with Crippen molar-refractivity contribution in [1.29, 1.82) is 0 Å². The molecule has 0 aromatic carbocycles. The smallest absolute Gasteiger partial charge is 0.132 e. The van der Waals surface area contributed by atoms with Gasteiger partial charge in [0.25, 0.3) is 0 Å². The van der Waals surface area contributed by atoms with E-state index in [1.54, 1.807) is 12.4 Å². The standard InChI is InChI=1S/C12H16N4O/c1-2-16-10-3-5-14-7-9(10)15-11(16)12(13)4-6-17-8-12/h3,5,7H,2,4,6,8,13H2,1H3. The quantitative estimate of drug-likeness (QED) is 0.839. The first kappa shape index (κ1) is 10.7. The van der Waals surface area contributed by atoms with Crippen molar-refractivity contribution in [2.45, 2.75) is 25.4 Å². The number of pyridine rings is 1. The third-order valence-electron chi connectivity index (χ3n) is 3.36. The number of aromatic nitrogens is 3. The van der Waals surface area contributed by atoms with E-state index in [4.69, 9.17) is 10.5 Å². The van der Waals surface area contributed by atoms with Gasteiger partial charge in [-0.15, -0.1) is 0 Å². The number of nitrogens with two attached hydrogens (primary N) is 1. The third-order valence-corrected chi connectivity index (χ3v) is 3.36. The van der Waals surface area contributed by atoms with Crippen molar-refractivity contribution < 1.29 is 4.74 Å². The van der Waals surface area contributed by atoms with E-state index in [-0.39, 0.29) is 0 Å². The topological polar surface area (TPSA) is 66.0 Å². The highest BCUT2D eigenvalue weighted by molar-refractivity contribution is 5.75. The van der Waals surface area contributed by atoms with E-state index >= 15 is 0 Å². The summed E-state index contributed by atoms with van der Waals surface area (Å²) in [5.74, 6) is 0.917. The van der Waals surface area contributed by atoms with Crippen LogP contribution < -0.4 is 5.73 Å². The minimum atomic E-state index is -0.449. The van der Waals surface area contributed by atoms with Gasteiger partial charge in [0, 0.05) is 19.3 Å². The van der Waals surface area contributed by atoms with Crippen LogP contribution in [-0.2, 0) is 16.8 Å². The molecule has 17 heavy (non-hydrogen) atoms. The van der Waals surface area contributed by atoms with Crippen LogP contribution in [0.4, 0.5) is 0 Å². The van der Waals surface area contributed by atoms with Crippen molar-refractivity contribution in [3.8, 4) is 0 Å². The number of imidazole rings is 1. The third kappa shape index (κ3) is 1.54. The molecule has 0 amide bonds. The Labute approximate surface area is 99.6 Å². The molecule has 3 rings (SSSR count). The molecule has 0 bridgehead atoms. The minimum absolute atomic E-state index is 0.449. The molecule has 0 aliphatic carbocycles. The molecule has 1 aliphatic heterocycles. The van der Waals surface area contributed by atoms with E-state index in [1.807, 2.05) is 6.07 Å². The number of ether oxygens (including phenoxy) is 1. The van der Waals surface area contributed by atoms with Crippen molar-refractivity contribution in [3.63, 3.8) is 0 Å². The van der Waals surface area contributed by atoms with Gasteiger partial charge < -0.3 is 15.0 Å². The van der Waals surface area contributed by atoms with Gasteiger partial charge in [0.2, 0.25) is 0 Å². The number of rotatable bonds is 2. The minimum Gasteiger partial charge on any atom is -0.379 e. The number of hydrogen-bond acceptors (Lipinski definition) is 4. The largest absolute Gasteiger partial charge is 0.379 e. The van der Waals surface area contributed by atoms with Crippen molar-refractivity contribution >= 4 is 11.0 Å². The van der Waals surface area contributed by atoms with Gasteiger partial charge in [-0.25, -0.2) is 4.98 Å². The van der Waals surface area contributed by atoms with Gasteiger partial charge in [0.15, 0.2) is 0 Å². The number of fused-ring (bicyclic) bond motifs is 1. The fourth-order valence-corrected chi connectivity index (χ4v) is 2.44. The Balaban J connectivity index is 2.21. The molecule has 2 aromatic heterocycles. The van der Waals surface area contributed by atoms with Crippen LogP contribution in [0.5, 0.6) is 0 Å². The molecule has 1 aliphatic rings. The van der Waals surface area contributed by atoms with Crippen LogP contribution in [0, 0.1) is 0 Å². The summed E-state index contributed by atoms with van der Waals surface area (Å²) in [5.41, 5.74) is 7.94. The van der Waals surface area contributed by atoms with E-state index in [0.29, 0.717) is 13.2 Å². The first-order valence-electron chi connectivity index (χ1n) is 5.92. The lowest BCUT2D eigenvalue weighted by atomic mass is 9.99. The average Bonchev–Trinajstić information content (AvgIpc) is 2.93. The Morgan fingerprint density at radius 2 is 2.47 bits per heavy atom. The van der Waals surface area contributed by atoms with E-state index in [2.05, 4.69) is 21.5 Å². The van der Waals surface area contributed by atoms with Crippen molar-refractivity contribution in [3.05, 3.63) is 24.3 Å². The van der Waals surface area contributed by atoms with Crippen molar-refractivity contribution in [2.75, 3.05) is 13.2 Å². The molecule has 1 unspecified atom stereocenters. The normalized spacial score (nSPS) is 24.6. The zero-order valence-electron chi connectivity index (χ0n) is 9.89. The van der Waals surface area contributed by atoms with Crippen LogP contribution >= 0.6 is 0 Å². The van der Waals surface area contributed by atoms with Crippen molar-refractivity contribution in [1.82, 2.24) is 14.5 Å². The number of hydrogen-bond donors (Lipinski definition) is 1. The van der Waals surface area contributed by atoms with E-state index in [9.17, 15) is 0 Å². The van der Waals surface area contributed by atoms with Crippen LogP contribution in [0.3, 0.4) is 0 Å². The van der Waals surface area contributed by atoms with E-state index in [0.717, 1.165) is 29.8 Å². The summed E-state index contributed by atoms with van der Waals surface area (Å²) in [7, 11) is 0. The molecule has 3 heterocycles. The van der Waals surface area contributed by atoms with Crippen LogP contribution in [0.15, 0.2) is 18.5 Å². The molecule has 0 spiro atoms. The molecule has 1 atom stereocenters. The van der Waals surface area contributed by atoms with Crippen LogP contribution in [0.2, 0.25) is 0 Å². The van der Waals surface area contributed by atoms with Gasteiger partial charge in [-0.05, 0) is 19.4 Å². The molecule has 1 fully saturated rings. The number of nitrogens with zero attached hydrogens (tertiary/aromatic N) is 3. The highest BCUT2D eigenvalue weighted by Gasteiger charge is 2.37. The molecule has 90 valence electrons. The second-order valence-electron chi connectivity index (χ2n) is 4.50. The predicted molar refractivity (Wildman–Crippen MR) is 64.5 cm³/mol. The second-order valence-corrected chi connectivity index (χ2v) is 4.50. The van der Waals surface area contributed by atoms with Crippen LogP contribution in [0.25, 0.3) is 11.0 Å². The summed E-state index contributed by atoms with van der Waals surface area (Å²) < 4.78 is 7.57. The second kappa shape index (κ2) is 3.78. The molecule has 1 saturated heterocycles. The first-order valence-corrected chi connectivity index (χ1v) is 5.92. The summed E-state index contributed by atoms with van der Waals surface area (Å²) in [6.07, 6.45) is 4.39. The Kier molecular flexibility index (Phi) is 2.38. The molecular formula is C12H16N4O. The molecule has 0 saturated carbocycles. The Morgan fingerprint density at radius 3 is 3.18 bits per heavy atom. The highest BCUT2D eigenvalue weighted by atomic mass is 16.5. The zero-order valence-corrected chi connectivity index (χ0v) is 9.89. The van der Waals surface area contributed by atoms with Gasteiger partial charge in [-0.2, -0.15) is 0 Å². The first-order chi connectivity index (χ1) is 8.24. The van der Waals surface area contributed by atoms with Gasteiger partial charge in [-0.1, -0.05) is 0 Å². The fraction of sp³-hybridized carbons (Fsp3) is 0.500. The summed E-state index contributed by atoms with van der Waals surface area (Å²) in [6, 6.07) is 1.98. The molecular weight excluding hydrogens is 216 g/mol. The van der Waals surface area contributed by atoms with Crippen LogP contribution in [-0.4, -0.2) is 27.7 Å². The van der Waals surface area contributed by atoms with E-state index < -0.39 is 5.54 Å². The summed E-state index contributed by atoms with van der Waals surface area (Å²) in [6.45, 7) is 4.21. The van der Waals surface area contributed by atoms with Crippen molar-refractivity contribution in [2.24, 2.45) is 5.73 Å². The fourth-order valence-electron chi connectivity index (χ4n) is 2.44. The summed E-state index contributed by atoms with van der Waals surface area (Å²) >= 11 is 0. The van der Waals surface area contributed by atoms with Crippen LogP contribution in [0.1, 0.15) is 19.2 Å². The zero-order chi connectivity index (χ0) is 11.9. The SMILES string of the molecule is CCn1c(C2(N)CCOC2)nc2cnccc21. The summed E-state index contributed by atoms with van der Waals surface area (Å²) in [5, 5.41) is 0. The summed E-state index contributed by atoms with van der Waals surface area (Å²) in [4.78, 5) is 8.74. The maximum absolute atomic E-state index is 6.39. The predicted octanol–water partition coefficient (Wildman–Crippen LogP) is 1.03. The Morgan fingerprint density at radius 1 is 1.59 bits per heavy atom. The average molecular weight is 232 g/mol. The Hall–Kier alpha value is -1.46. The number of aryl methyl sites for hydroxylation is 1. The molecule has 2 N–H and O–H groups in total. The lowest BCUT2D eigenvalue weighted by Crippen LogP contribution is -2.40. The van der Waals surface area contributed by atoms with Gasteiger partial charge >= 0.3 is 0 Å². The lowest BCUT2D eigenvalue weighted by molar-refractivity contribution is 0.175. The highest BCUT2D eigenvalue weighted by Crippen LogP contribution is 2.29. The molecule has 5 heteroatoms. The molecule has 0 radical (unpaired) electrons. The molecule has 2 aromatic rings. The van der Waals surface area contributed by atoms with Gasteiger partial charge in [-0.3, -0.25) is 4.98 Å². The Bertz CT molecular complexity index is 542. The molecule has 5 nitrogen and oxygen atoms in total. The van der Waals surface area contributed by atoms with E-state index in [1.165, 1.54) is 0 Å². The lowest BCUT2D eigenvalue weighted by Gasteiger charge is -2.22. The van der Waals surface area contributed by atoms with Gasteiger partial charge in [0.1, 0.15) is 16.9 Å². The maximum atomic E-state index is 6.39. The monoisotopic (exact) mass is 232 g/mol. The maximum Gasteiger partial charge on any atom is 0.132 e.